The molecule has 0 unspecified atom stereocenters. The molecule has 0 aliphatic carbocycles. The fourth-order valence-electron chi connectivity index (χ4n) is 2.94. The number of amides is 1. The molecule has 2 aromatic carbocycles. The standard InChI is InChI=1S/C19H19N3O3S/c1-24-13-7-8-16(25-2)15(9-13)20-18(23)12-10-22(11-12)19-21-14-5-3-4-6-17(14)26-19/h3-9,12H,10-11H2,1-2H3,(H,20,23). The molecule has 0 radical (unpaired) electrons. The van der Waals surface area contributed by atoms with Crippen LogP contribution in [0.4, 0.5) is 10.8 Å². The van der Waals surface area contributed by atoms with E-state index in [9.17, 15) is 4.79 Å². The number of aromatic nitrogens is 1. The molecule has 1 saturated heterocycles. The molecule has 0 saturated carbocycles. The summed E-state index contributed by atoms with van der Waals surface area (Å²) in [6.07, 6.45) is 0. The summed E-state index contributed by atoms with van der Waals surface area (Å²) in [5.41, 5.74) is 1.62. The van der Waals surface area contributed by atoms with Crippen molar-refractivity contribution in [2.24, 2.45) is 5.92 Å². The van der Waals surface area contributed by atoms with E-state index in [2.05, 4.69) is 21.3 Å². The first-order valence-electron chi connectivity index (χ1n) is 8.31. The number of thiazole rings is 1. The lowest BCUT2D eigenvalue weighted by Gasteiger charge is -2.38. The van der Waals surface area contributed by atoms with Crippen molar-refractivity contribution < 1.29 is 14.3 Å². The van der Waals surface area contributed by atoms with Gasteiger partial charge in [0.15, 0.2) is 5.13 Å². The Balaban J connectivity index is 1.42. The lowest BCUT2D eigenvalue weighted by Crippen LogP contribution is -2.52. The van der Waals surface area contributed by atoms with Crippen LogP contribution in [0.2, 0.25) is 0 Å². The number of benzene rings is 2. The van der Waals surface area contributed by atoms with Gasteiger partial charge in [-0.25, -0.2) is 4.98 Å². The van der Waals surface area contributed by atoms with E-state index in [4.69, 9.17) is 9.47 Å². The lowest BCUT2D eigenvalue weighted by molar-refractivity contribution is -0.120. The smallest absolute Gasteiger partial charge is 0.231 e. The molecule has 0 atom stereocenters. The number of hydrogen-bond acceptors (Lipinski definition) is 6. The molecule has 26 heavy (non-hydrogen) atoms. The fraction of sp³-hybridized carbons (Fsp3) is 0.263. The first-order chi connectivity index (χ1) is 12.7. The molecule has 3 aromatic rings. The van der Waals surface area contributed by atoms with E-state index >= 15 is 0 Å². The highest BCUT2D eigenvalue weighted by Crippen LogP contribution is 2.34. The number of nitrogens with one attached hydrogen (secondary N) is 1. The van der Waals surface area contributed by atoms with Crippen molar-refractivity contribution in [2.45, 2.75) is 0 Å². The third-order valence-corrected chi connectivity index (χ3v) is 5.57. The number of anilines is 2. The summed E-state index contributed by atoms with van der Waals surface area (Å²) < 4.78 is 11.7. The number of nitrogens with zero attached hydrogens (tertiary/aromatic N) is 2. The highest BCUT2D eigenvalue weighted by Gasteiger charge is 2.34. The number of ether oxygens (including phenoxy) is 2. The summed E-state index contributed by atoms with van der Waals surface area (Å²) in [4.78, 5) is 19.3. The van der Waals surface area contributed by atoms with Crippen molar-refractivity contribution in [1.29, 1.82) is 0 Å². The first-order valence-corrected chi connectivity index (χ1v) is 9.13. The molecule has 1 amide bonds. The summed E-state index contributed by atoms with van der Waals surface area (Å²) in [6.45, 7) is 1.33. The molecule has 0 bridgehead atoms. The zero-order chi connectivity index (χ0) is 18.1. The van der Waals surface area contributed by atoms with E-state index in [0.29, 0.717) is 30.3 Å². The van der Waals surface area contributed by atoms with Crippen molar-refractivity contribution in [3.8, 4) is 11.5 Å². The van der Waals surface area contributed by atoms with Gasteiger partial charge in [-0.15, -0.1) is 0 Å². The van der Waals surface area contributed by atoms with E-state index in [1.807, 2.05) is 18.2 Å². The minimum Gasteiger partial charge on any atom is -0.497 e. The SMILES string of the molecule is COc1ccc(OC)c(NC(=O)C2CN(c3nc4ccccc4s3)C2)c1. The van der Waals surface area contributed by atoms with E-state index < -0.39 is 0 Å². The minimum absolute atomic E-state index is 0.0195. The number of rotatable bonds is 5. The molecule has 1 aliphatic rings. The average molecular weight is 369 g/mol. The molecule has 1 aliphatic heterocycles. The van der Waals surface area contributed by atoms with E-state index in [-0.39, 0.29) is 11.8 Å². The van der Waals surface area contributed by atoms with Gasteiger partial charge < -0.3 is 19.7 Å². The lowest BCUT2D eigenvalue weighted by atomic mass is 10.00. The fourth-order valence-corrected chi connectivity index (χ4v) is 3.93. The number of fused-ring (bicyclic) bond motifs is 1. The van der Waals surface area contributed by atoms with Gasteiger partial charge in [-0.2, -0.15) is 0 Å². The highest BCUT2D eigenvalue weighted by atomic mass is 32.1. The monoisotopic (exact) mass is 369 g/mol. The third kappa shape index (κ3) is 3.06. The normalized spacial score (nSPS) is 14.2. The van der Waals surface area contributed by atoms with Crippen LogP contribution in [0.1, 0.15) is 0 Å². The first kappa shape index (κ1) is 16.7. The summed E-state index contributed by atoms with van der Waals surface area (Å²) in [7, 11) is 3.17. The van der Waals surface area contributed by atoms with Crippen LogP contribution in [0.15, 0.2) is 42.5 Å². The van der Waals surface area contributed by atoms with Crippen molar-refractivity contribution in [1.82, 2.24) is 4.98 Å². The molecule has 6 nitrogen and oxygen atoms in total. The van der Waals surface area contributed by atoms with Gasteiger partial charge in [0.2, 0.25) is 5.91 Å². The summed E-state index contributed by atoms with van der Waals surface area (Å²) in [5.74, 6) is 1.19. The quantitative estimate of drug-likeness (QED) is 0.747. The number of methoxy groups -OCH3 is 2. The number of hydrogen-bond donors (Lipinski definition) is 1. The van der Waals surface area contributed by atoms with Crippen molar-refractivity contribution in [3.63, 3.8) is 0 Å². The molecule has 2 heterocycles. The van der Waals surface area contributed by atoms with E-state index in [0.717, 1.165) is 15.3 Å². The average Bonchev–Trinajstić information content (AvgIpc) is 3.03. The van der Waals surface area contributed by atoms with Gasteiger partial charge in [0, 0.05) is 19.2 Å². The van der Waals surface area contributed by atoms with E-state index in [1.165, 1.54) is 0 Å². The van der Waals surface area contributed by atoms with Crippen molar-refractivity contribution in [2.75, 3.05) is 37.5 Å². The zero-order valence-electron chi connectivity index (χ0n) is 14.6. The van der Waals surface area contributed by atoms with Gasteiger partial charge in [0.25, 0.3) is 0 Å². The number of carbonyl (C=O) groups is 1. The molecule has 0 spiro atoms. The highest BCUT2D eigenvalue weighted by molar-refractivity contribution is 7.22. The third-order valence-electron chi connectivity index (χ3n) is 4.47. The van der Waals surface area contributed by atoms with E-state index in [1.54, 1.807) is 43.8 Å². The maximum atomic E-state index is 12.6. The van der Waals surface area contributed by atoms with Crippen molar-refractivity contribution >= 4 is 38.3 Å². The predicted octanol–water partition coefficient (Wildman–Crippen LogP) is 3.39. The second-order valence-electron chi connectivity index (χ2n) is 6.12. The van der Waals surface area contributed by atoms with Crippen LogP contribution in [-0.2, 0) is 4.79 Å². The number of para-hydroxylation sites is 1. The van der Waals surface area contributed by atoms with Gasteiger partial charge in [-0.05, 0) is 24.3 Å². The Labute approximate surface area is 155 Å². The van der Waals surface area contributed by atoms with Crippen molar-refractivity contribution in [3.05, 3.63) is 42.5 Å². The van der Waals surface area contributed by atoms with Crippen LogP contribution >= 0.6 is 11.3 Å². The Kier molecular flexibility index (Phi) is 4.38. The van der Waals surface area contributed by atoms with Crippen LogP contribution in [0, 0.1) is 5.92 Å². The van der Waals surface area contributed by atoms with Gasteiger partial charge in [0.1, 0.15) is 11.5 Å². The largest absolute Gasteiger partial charge is 0.497 e. The number of carbonyl (C=O) groups excluding carboxylic acids is 1. The topological polar surface area (TPSA) is 63.7 Å². The summed E-state index contributed by atoms with van der Waals surface area (Å²) >= 11 is 1.66. The van der Waals surface area contributed by atoms with Gasteiger partial charge >= 0.3 is 0 Å². The molecular weight excluding hydrogens is 350 g/mol. The van der Waals surface area contributed by atoms with Gasteiger partial charge in [-0.1, -0.05) is 23.5 Å². The van der Waals surface area contributed by atoms with Gasteiger partial charge in [-0.3, -0.25) is 4.79 Å². The molecular formula is C19H19N3O3S. The molecule has 4 rings (SSSR count). The predicted molar refractivity (Wildman–Crippen MR) is 103 cm³/mol. The second-order valence-corrected chi connectivity index (χ2v) is 7.13. The molecule has 7 heteroatoms. The molecule has 1 aromatic heterocycles. The Morgan fingerprint density at radius 2 is 2.00 bits per heavy atom. The Morgan fingerprint density at radius 1 is 1.19 bits per heavy atom. The van der Waals surface area contributed by atoms with Crippen LogP contribution in [-0.4, -0.2) is 38.2 Å². The minimum atomic E-state index is -0.0714. The molecule has 1 fully saturated rings. The molecule has 134 valence electrons. The van der Waals surface area contributed by atoms with Crippen LogP contribution in [0.3, 0.4) is 0 Å². The maximum Gasteiger partial charge on any atom is 0.231 e. The Morgan fingerprint density at radius 3 is 2.73 bits per heavy atom. The summed E-state index contributed by atoms with van der Waals surface area (Å²) in [6, 6.07) is 13.4. The van der Waals surface area contributed by atoms with Crippen LogP contribution < -0.4 is 19.7 Å². The maximum absolute atomic E-state index is 12.6. The zero-order valence-corrected chi connectivity index (χ0v) is 15.4. The Bertz CT molecular complexity index is 917. The summed E-state index contributed by atoms with van der Waals surface area (Å²) in [5, 5.41) is 3.92. The van der Waals surface area contributed by atoms with Crippen LogP contribution in [0.25, 0.3) is 10.2 Å². The van der Waals surface area contributed by atoms with Gasteiger partial charge in [0.05, 0.1) is 36.0 Å². The Hall–Kier alpha value is -2.80. The van der Waals surface area contributed by atoms with Crippen LogP contribution in [0.5, 0.6) is 11.5 Å². The second kappa shape index (κ2) is 6.84. The molecule has 1 N–H and O–H groups in total.